The summed E-state index contributed by atoms with van der Waals surface area (Å²) >= 11 is 0. The van der Waals surface area contributed by atoms with E-state index in [1.165, 1.54) is 12.8 Å². The van der Waals surface area contributed by atoms with E-state index in [-0.39, 0.29) is 0 Å². The first-order valence-corrected chi connectivity index (χ1v) is 6.51. The van der Waals surface area contributed by atoms with Crippen LogP contribution in [0.25, 0.3) is 11.0 Å². The van der Waals surface area contributed by atoms with Crippen molar-refractivity contribution in [2.45, 2.75) is 25.9 Å². The highest BCUT2D eigenvalue weighted by atomic mass is 16.5. The number of ether oxygens (including phenoxy) is 1. The van der Waals surface area contributed by atoms with Gasteiger partial charge in [0.05, 0.1) is 11.6 Å². The number of hydrogen-bond donors (Lipinski definition) is 2. The van der Waals surface area contributed by atoms with Crippen LogP contribution < -0.4 is 11.3 Å². The van der Waals surface area contributed by atoms with Crippen LogP contribution in [0.3, 0.4) is 0 Å². The fourth-order valence-electron chi connectivity index (χ4n) is 2.06. The Balaban J connectivity index is 1.72. The standard InChI is InChI=1S/C12H18N6O/c1-18-12-9(6-14-18)11(17-13)15-10(16-12)7-19-5-4-8-2-3-8/h6,8H,2-5,7,13H2,1H3,(H,15,16,17). The van der Waals surface area contributed by atoms with E-state index >= 15 is 0 Å². The topological polar surface area (TPSA) is 90.9 Å². The number of nitrogens with one attached hydrogen (secondary N) is 1. The summed E-state index contributed by atoms with van der Waals surface area (Å²) in [6, 6.07) is 0. The van der Waals surface area contributed by atoms with Crippen LogP contribution in [0.2, 0.25) is 0 Å². The summed E-state index contributed by atoms with van der Waals surface area (Å²) in [5, 5.41) is 4.96. The van der Waals surface area contributed by atoms with Crippen LogP contribution >= 0.6 is 0 Å². The zero-order chi connectivity index (χ0) is 13.2. The van der Waals surface area contributed by atoms with Gasteiger partial charge in [-0.2, -0.15) is 5.10 Å². The molecule has 102 valence electrons. The zero-order valence-corrected chi connectivity index (χ0v) is 11.0. The molecule has 2 heterocycles. The van der Waals surface area contributed by atoms with Crippen LogP contribution in [0.4, 0.5) is 5.82 Å². The lowest BCUT2D eigenvalue weighted by atomic mass is 10.3. The smallest absolute Gasteiger partial charge is 0.163 e. The number of hydrazine groups is 1. The molecule has 1 aliphatic carbocycles. The van der Waals surface area contributed by atoms with Crippen molar-refractivity contribution in [2.75, 3.05) is 12.0 Å². The third-order valence-electron chi connectivity index (χ3n) is 3.37. The third-order valence-corrected chi connectivity index (χ3v) is 3.37. The van der Waals surface area contributed by atoms with E-state index in [9.17, 15) is 0 Å². The molecular weight excluding hydrogens is 244 g/mol. The van der Waals surface area contributed by atoms with E-state index in [0.29, 0.717) is 18.2 Å². The van der Waals surface area contributed by atoms with Crippen molar-refractivity contribution in [1.29, 1.82) is 0 Å². The average Bonchev–Trinajstić information content (AvgIpc) is 3.18. The molecular formula is C12H18N6O. The Morgan fingerprint density at radius 1 is 1.47 bits per heavy atom. The van der Waals surface area contributed by atoms with E-state index in [1.54, 1.807) is 10.9 Å². The van der Waals surface area contributed by atoms with E-state index in [2.05, 4.69) is 20.5 Å². The van der Waals surface area contributed by atoms with Crippen LogP contribution in [0.15, 0.2) is 6.20 Å². The molecule has 1 aliphatic rings. The van der Waals surface area contributed by atoms with Crippen LogP contribution in [0, 0.1) is 5.92 Å². The van der Waals surface area contributed by atoms with Crippen LogP contribution in [-0.4, -0.2) is 26.4 Å². The number of nitrogens with zero attached hydrogens (tertiary/aromatic N) is 4. The molecule has 3 rings (SSSR count). The molecule has 2 aromatic heterocycles. The molecule has 0 radical (unpaired) electrons. The van der Waals surface area contributed by atoms with Crippen molar-refractivity contribution in [1.82, 2.24) is 19.7 Å². The summed E-state index contributed by atoms with van der Waals surface area (Å²) in [6.07, 6.45) is 5.53. The molecule has 0 unspecified atom stereocenters. The van der Waals surface area contributed by atoms with Gasteiger partial charge in [0.2, 0.25) is 0 Å². The van der Waals surface area contributed by atoms with Crippen molar-refractivity contribution >= 4 is 16.9 Å². The van der Waals surface area contributed by atoms with Gasteiger partial charge in [-0.15, -0.1) is 0 Å². The largest absolute Gasteiger partial charge is 0.373 e. The lowest BCUT2D eigenvalue weighted by molar-refractivity contribution is 0.110. The molecule has 0 aromatic carbocycles. The van der Waals surface area contributed by atoms with Crippen molar-refractivity contribution in [3.05, 3.63) is 12.0 Å². The van der Waals surface area contributed by atoms with E-state index < -0.39 is 0 Å². The zero-order valence-electron chi connectivity index (χ0n) is 11.0. The molecule has 0 saturated heterocycles. The molecule has 19 heavy (non-hydrogen) atoms. The Morgan fingerprint density at radius 3 is 3.05 bits per heavy atom. The van der Waals surface area contributed by atoms with Crippen molar-refractivity contribution in [2.24, 2.45) is 18.8 Å². The van der Waals surface area contributed by atoms with Gasteiger partial charge in [-0.25, -0.2) is 15.8 Å². The van der Waals surface area contributed by atoms with Gasteiger partial charge in [-0.1, -0.05) is 12.8 Å². The van der Waals surface area contributed by atoms with Gasteiger partial charge in [0.1, 0.15) is 6.61 Å². The van der Waals surface area contributed by atoms with Gasteiger partial charge in [0.15, 0.2) is 17.3 Å². The number of hydrogen-bond acceptors (Lipinski definition) is 6. The first kappa shape index (κ1) is 12.3. The second-order valence-corrected chi connectivity index (χ2v) is 4.92. The number of fused-ring (bicyclic) bond motifs is 1. The third kappa shape index (κ3) is 2.66. The normalized spacial score (nSPS) is 15.1. The highest BCUT2D eigenvalue weighted by molar-refractivity contribution is 5.86. The molecule has 0 bridgehead atoms. The van der Waals surface area contributed by atoms with Crippen molar-refractivity contribution in [3.8, 4) is 0 Å². The predicted molar refractivity (Wildman–Crippen MR) is 71.1 cm³/mol. The maximum absolute atomic E-state index is 5.61. The molecule has 1 saturated carbocycles. The molecule has 0 aliphatic heterocycles. The Labute approximate surface area is 111 Å². The quantitative estimate of drug-likeness (QED) is 0.458. The molecule has 0 spiro atoms. The Bertz CT molecular complexity index is 577. The second-order valence-electron chi connectivity index (χ2n) is 4.92. The molecule has 2 aromatic rings. The summed E-state index contributed by atoms with van der Waals surface area (Å²) in [6.45, 7) is 1.17. The highest BCUT2D eigenvalue weighted by Crippen LogP contribution is 2.32. The second kappa shape index (κ2) is 5.10. The summed E-state index contributed by atoms with van der Waals surface area (Å²) in [5.41, 5.74) is 3.34. The maximum Gasteiger partial charge on any atom is 0.163 e. The van der Waals surface area contributed by atoms with Crippen LogP contribution in [0.5, 0.6) is 0 Å². The van der Waals surface area contributed by atoms with Crippen LogP contribution in [-0.2, 0) is 18.4 Å². The van der Waals surface area contributed by atoms with Gasteiger partial charge < -0.3 is 10.2 Å². The van der Waals surface area contributed by atoms with Crippen molar-refractivity contribution < 1.29 is 4.74 Å². The van der Waals surface area contributed by atoms with Gasteiger partial charge in [0, 0.05) is 13.7 Å². The molecule has 3 N–H and O–H groups in total. The van der Waals surface area contributed by atoms with E-state index in [4.69, 9.17) is 10.6 Å². The van der Waals surface area contributed by atoms with Gasteiger partial charge in [-0.05, 0) is 12.3 Å². The monoisotopic (exact) mass is 262 g/mol. The van der Waals surface area contributed by atoms with Gasteiger partial charge >= 0.3 is 0 Å². The summed E-state index contributed by atoms with van der Waals surface area (Å²) in [5.74, 6) is 7.56. The van der Waals surface area contributed by atoms with Crippen LogP contribution in [0.1, 0.15) is 25.1 Å². The highest BCUT2D eigenvalue weighted by Gasteiger charge is 2.20. The van der Waals surface area contributed by atoms with E-state index in [1.807, 2.05) is 7.05 Å². The summed E-state index contributed by atoms with van der Waals surface area (Å²) in [7, 11) is 1.84. The fraction of sp³-hybridized carbons (Fsp3) is 0.583. The Kier molecular flexibility index (Phi) is 3.31. The molecule has 0 amide bonds. The minimum absolute atomic E-state index is 0.405. The number of anilines is 1. The number of nitrogen functional groups attached to an aromatic ring is 1. The number of rotatable bonds is 6. The maximum atomic E-state index is 5.61. The summed E-state index contributed by atoms with van der Waals surface area (Å²) in [4.78, 5) is 8.78. The lowest BCUT2D eigenvalue weighted by Gasteiger charge is -2.06. The Hall–Kier alpha value is -1.73. The molecule has 1 fully saturated rings. The van der Waals surface area contributed by atoms with Crippen molar-refractivity contribution in [3.63, 3.8) is 0 Å². The number of aryl methyl sites for hydroxylation is 1. The summed E-state index contributed by atoms with van der Waals surface area (Å²) < 4.78 is 7.31. The number of nitrogens with two attached hydrogens (primary N) is 1. The number of aromatic nitrogens is 4. The molecule has 0 atom stereocenters. The average molecular weight is 262 g/mol. The SMILES string of the molecule is Cn1ncc2c(NN)nc(COCCC3CC3)nc21. The molecule has 7 nitrogen and oxygen atoms in total. The first-order chi connectivity index (χ1) is 9.28. The lowest BCUT2D eigenvalue weighted by Crippen LogP contribution is -2.12. The molecule has 7 heteroatoms. The predicted octanol–water partition coefficient (Wildman–Crippen LogP) is 0.966. The minimum Gasteiger partial charge on any atom is -0.373 e. The first-order valence-electron chi connectivity index (χ1n) is 6.51. The Morgan fingerprint density at radius 2 is 2.32 bits per heavy atom. The fourth-order valence-corrected chi connectivity index (χ4v) is 2.06. The van der Waals surface area contributed by atoms with Gasteiger partial charge in [-0.3, -0.25) is 4.68 Å². The van der Waals surface area contributed by atoms with E-state index in [0.717, 1.165) is 30.0 Å². The van der Waals surface area contributed by atoms with Gasteiger partial charge in [0.25, 0.3) is 0 Å². The minimum atomic E-state index is 0.405.